The first-order chi connectivity index (χ1) is 29.4. The van der Waals surface area contributed by atoms with Crippen LogP contribution < -0.4 is 4.90 Å². The van der Waals surface area contributed by atoms with Gasteiger partial charge in [-0.1, -0.05) is 39.3 Å². The standard InChI is InChI=1S/C53H76FNO7/c1-30(8-17-47(59)61-7)39-14-15-41-49-42(28-46(58)53(39,41)5)50(2)20-18-35(26-33(50)27-45(49)57)62-23-22-55(6)44-16-10-32(25-43(44)54)38-29-51(3)40(19-21-52(51,4)60)37-12-9-31-24-34(56)11-13-36(31)48(37)38/h10,16,24-25,30,33,35,37-42,45-46,49,57-58,60H,8-9,11-15,17-23,26-29H2,1-7H3/t30-,33+,35+,37?,38-,39?,40?,41+,42+,45-,46+,49+,50+,51+,52+,53-/m1/s1. The monoisotopic (exact) mass is 858 g/mol. The zero-order valence-electron chi connectivity index (χ0n) is 38.8. The Balaban J connectivity index is 0.842. The van der Waals surface area contributed by atoms with Crippen LogP contribution in [0, 0.1) is 69.4 Å². The number of ketones is 1. The molecule has 9 heteroatoms. The number of benzene rings is 1. The van der Waals surface area contributed by atoms with Crippen molar-refractivity contribution in [3.63, 3.8) is 0 Å². The number of anilines is 1. The van der Waals surface area contributed by atoms with E-state index in [4.69, 9.17) is 9.47 Å². The quantitative estimate of drug-likeness (QED) is 0.200. The lowest BCUT2D eigenvalue weighted by Gasteiger charge is -2.63. The van der Waals surface area contributed by atoms with Crippen molar-refractivity contribution in [3.05, 3.63) is 52.4 Å². The zero-order chi connectivity index (χ0) is 44.1. The molecule has 16 atom stereocenters. The van der Waals surface area contributed by atoms with E-state index in [0.29, 0.717) is 61.3 Å². The molecule has 8 aliphatic carbocycles. The maximum Gasteiger partial charge on any atom is 0.305 e. The molecular formula is C53H76FNO7. The van der Waals surface area contributed by atoms with Gasteiger partial charge in [-0.25, -0.2) is 4.39 Å². The Kier molecular flexibility index (Phi) is 11.8. The number of allylic oxidation sites excluding steroid dienone is 4. The molecule has 0 radical (unpaired) electrons. The Morgan fingerprint density at radius 2 is 1.76 bits per heavy atom. The Morgan fingerprint density at radius 3 is 2.52 bits per heavy atom. The summed E-state index contributed by atoms with van der Waals surface area (Å²) in [6.07, 6.45) is 14.5. The topological polar surface area (TPSA) is 117 Å². The molecule has 6 saturated carbocycles. The number of rotatable bonds is 10. The molecule has 0 saturated heterocycles. The molecule has 6 fully saturated rings. The number of hydrogen-bond acceptors (Lipinski definition) is 8. The van der Waals surface area contributed by atoms with E-state index in [1.165, 1.54) is 23.8 Å². The molecule has 0 aliphatic heterocycles. The molecule has 0 spiro atoms. The molecule has 0 bridgehead atoms. The van der Waals surface area contributed by atoms with Crippen LogP contribution in [0.15, 0.2) is 41.0 Å². The molecule has 1 aromatic rings. The minimum Gasteiger partial charge on any atom is -0.469 e. The average molecular weight is 858 g/mol. The molecule has 342 valence electrons. The van der Waals surface area contributed by atoms with Crippen molar-refractivity contribution >= 4 is 17.4 Å². The van der Waals surface area contributed by atoms with Gasteiger partial charge < -0.3 is 29.7 Å². The normalized spacial score (nSPS) is 44.0. The fourth-order valence-electron chi connectivity index (χ4n) is 16.6. The van der Waals surface area contributed by atoms with Crippen LogP contribution in [-0.2, 0) is 19.1 Å². The van der Waals surface area contributed by atoms with Gasteiger partial charge in [-0.3, -0.25) is 9.59 Å². The maximum absolute atomic E-state index is 16.4. The van der Waals surface area contributed by atoms with Crippen molar-refractivity contribution in [1.82, 2.24) is 0 Å². The summed E-state index contributed by atoms with van der Waals surface area (Å²) < 4.78 is 27.9. The molecular weight excluding hydrogens is 782 g/mol. The van der Waals surface area contributed by atoms with Crippen LogP contribution >= 0.6 is 0 Å². The number of hydrogen-bond donors (Lipinski definition) is 3. The van der Waals surface area contributed by atoms with Crippen LogP contribution in [0.25, 0.3) is 0 Å². The van der Waals surface area contributed by atoms with Gasteiger partial charge in [0.1, 0.15) is 5.82 Å². The average Bonchev–Trinajstić information content (AvgIpc) is 3.72. The second-order valence-electron chi connectivity index (χ2n) is 22.9. The first kappa shape index (κ1) is 44.6. The summed E-state index contributed by atoms with van der Waals surface area (Å²) >= 11 is 0. The predicted octanol–water partition coefficient (Wildman–Crippen LogP) is 9.49. The van der Waals surface area contributed by atoms with Gasteiger partial charge in [0.15, 0.2) is 5.78 Å². The molecule has 3 N–H and O–H groups in total. The number of halogens is 1. The summed E-state index contributed by atoms with van der Waals surface area (Å²) in [6.45, 7) is 12.3. The highest BCUT2D eigenvalue weighted by Crippen LogP contribution is 2.69. The van der Waals surface area contributed by atoms with Crippen LogP contribution in [0.5, 0.6) is 0 Å². The summed E-state index contributed by atoms with van der Waals surface area (Å²) in [5, 5.41) is 35.8. The van der Waals surface area contributed by atoms with E-state index in [2.05, 4.69) is 33.8 Å². The van der Waals surface area contributed by atoms with E-state index in [1.807, 2.05) is 31.0 Å². The van der Waals surface area contributed by atoms with Gasteiger partial charge in [0, 0.05) is 37.8 Å². The van der Waals surface area contributed by atoms with Crippen LogP contribution in [0.2, 0.25) is 0 Å². The van der Waals surface area contributed by atoms with Crippen LogP contribution in [-0.4, -0.2) is 78.3 Å². The Labute approximate surface area is 370 Å². The summed E-state index contributed by atoms with van der Waals surface area (Å²) in [5.74, 6) is 2.19. The lowest BCUT2D eigenvalue weighted by molar-refractivity contribution is -0.209. The number of fused-ring (bicyclic) bond motifs is 9. The van der Waals surface area contributed by atoms with Gasteiger partial charge >= 0.3 is 5.97 Å². The smallest absolute Gasteiger partial charge is 0.305 e. The largest absolute Gasteiger partial charge is 0.469 e. The third-order valence-electron chi connectivity index (χ3n) is 20.4. The number of ether oxygens (including phenoxy) is 2. The summed E-state index contributed by atoms with van der Waals surface area (Å²) in [4.78, 5) is 26.4. The van der Waals surface area contributed by atoms with Gasteiger partial charge in [0.2, 0.25) is 0 Å². The molecule has 9 rings (SSSR count). The molecule has 0 aromatic heterocycles. The number of esters is 1. The molecule has 1 aromatic carbocycles. The number of methoxy groups -OCH3 is 1. The van der Waals surface area contributed by atoms with Gasteiger partial charge in [-0.05, 0) is 190 Å². The van der Waals surface area contributed by atoms with Gasteiger partial charge in [-0.15, -0.1) is 0 Å². The van der Waals surface area contributed by atoms with E-state index in [0.717, 1.165) is 95.5 Å². The van der Waals surface area contributed by atoms with Crippen LogP contribution in [0.4, 0.5) is 10.1 Å². The lowest BCUT2D eigenvalue weighted by atomic mass is 9.43. The molecule has 8 nitrogen and oxygen atoms in total. The molecule has 0 heterocycles. The highest BCUT2D eigenvalue weighted by Gasteiger charge is 2.66. The van der Waals surface area contributed by atoms with Crippen molar-refractivity contribution < 1.29 is 38.8 Å². The highest BCUT2D eigenvalue weighted by molar-refractivity contribution is 5.93. The number of aliphatic hydroxyl groups is 3. The van der Waals surface area contributed by atoms with E-state index in [9.17, 15) is 24.9 Å². The minimum absolute atomic E-state index is 0.00459. The first-order valence-electron chi connectivity index (χ1n) is 24.7. The van der Waals surface area contributed by atoms with E-state index in [-0.39, 0.29) is 63.6 Å². The Hall–Kier alpha value is -2.59. The number of nitrogens with zero attached hydrogens (tertiary/aromatic N) is 1. The number of carbonyl (C=O) groups is 2. The van der Waals surface area contributed by atoms with Crippen molar-refractivity contribution in [2.24, 2.45) is 63.6 Å². The Morgan fingerprint density at radius 1 is 0.968 bits per heavy atom. The number of likely N-dealkylation sites (N-methyl/N-ethyl adjacent to an activating group) is 1. The molecule has 3 unspecified atom stereocenters. The molecule has 62 heavy (non-hydrogen) atoms. The van der Waals surface area contributed by atoms with Gasteiger partial charge in [-0.2, -0.15) is 0 Å². The van der Waals surface area contributed by atoms with E-state index in [1.54, 1.807) is 6.07 Å². The summed E-state index contributed by atoms with van der Waals surface area (Å²) in [7, 11) is 3.38. The van der Waals surface area contributed by atoms with Gasteiger partial charge in [0.05, 0.1) is 43.3 Å². The van der Waals surface area contributed by atoms with Gasteiger partial charge in [0.25, 0.3) is 0 Å². The van der Waals surface area contributed by atoms with Crippen LogP contribution in [0.3, 0.4) is 0 Å². The number of aliphatic hydroxyl groups excluding tert-OH is 2. The first-order valence-corrected chi connectivity index (χ1v) is 24.7. The van der Waals surface area contributed by atoms with Crippen molar-refractivity contribution in [1.29, 1.82) is 0 Å². The van der Waals surface area contributed by atoms with Crippen molar-refractivity contribution in [2.75, 3.05) is 32.2 Å². The van der Waals surface area contributed by atoms with Crippen molar-refractivity contribution in [2.45, 2.75) is 167 Å². The maximum atomic E-state index is 16.4. The minimum atomic E-state index is -0.770. The fraction of sp³-hybridized carbons (Fsp3) is 0.774. The lowest BCUT2D eigenvalue weighted by Crippen LogP contribution is -2.62. The third-order valence-corrected chi connectivity index (χ3v) is 20.4. The van der Waals surface area contributed by atoms with E-state index < -0.39 is 17.8 Å². The fourth-order valence-corrected chi connectivity index (χ4v) is 16.6. The second kappa shape index (κ2) is 16.4. The zero-order valence-corrected chi connectivity index (χ0v) is 38.8. The molecule has 0 amide bonds. The SMILES string of the molecule is COC(=O)CC[C@@H](C)C1CC[C@H]2[C@@H]3[C@H](O)C[C@@H]4C[C@@H](OCCN(C)c5ccc([C@H]6C[C@@]7(C)C(CC[C@]7(C)O)C7CCC8=CC(=O)CCC8=C76)cc5F)CC[C@]4(C)[C@H]3C[C@H](O)[C@]12C. The summed E-state index contributed by atoms with van der Waals surface area (Å²) in [6, 6.07) is 5.78. The molecule has 8 aliphatic rings. The third kappa shape index (κ3) is 7.10. The van der Waals surface area contributed by atoms with E-state index >= 15 is 4.39 Å². The summed E-state index contributed by atoms with van der Waals surface area (Å²) in [5.41, 5.74) is 4.20. The van der Waals surface area contributed by atoms with Crippen LogP contribution in [0.1, 0.15) is 149 Å². The Bertz CT molecular complexity index is 1980. The van der Waals surface area contributed by atoms with Crippen molar-refractivity contribution in [3.8, 4) is 0 Å². The highest BCUT2D eigenvalue weighted by atomic mass is 19.1. The predicted molar refractivity (Wildman–Crippen MR) is 239 cm³/mol. The number of carbonyl (C=O) groups excluding carboxylic acids is 2. The second-order valence-corrected chi connectivity index (χ2v) is 22.9.